The molecule has 0 aliphatic rings. The third-order valence-corrected chi connectivity index (χ3v) is 4.91. The fourth-order valence-electron chi connectivity index (χ4n) is 1.90. The predicted octanol–water partition coefficient (Wildman–Crippen LogP) is 5.43. The molecule has 1 unspecified atom stereocenters. The topological polar surface area (TPSA) is 51.3 Å². The molecule has 4 nitrogen and oxygen atoms in total. The van der Waals surface area contributed by atoms with Crippen LogP contribution in [0.1, 0.15) is 0 Å². The molecule has 0 fully saturated rings. The second-order valence-electron chi connectivity index (χ2n) is 4.20. The molecule has 1 heterocycles. The molecule has 0 spiro atoms. The zero-order chi connectivity index (χ0) is 14.8. The Morgan fingerprint density at radius 3 is 2.62 bits per heavy atom. The summed E-state index contributed by atoms with van der Waals surface area (Å²) in [5.41, 5.74) is 0.799. The van der Waals surface area contributed by atoms with Gasteiger partial charge in [-0.3, -0.25) is 0 Å². The standard InChI is InChI=1S/C14H10BrClNO3P/c15-10-6-7-11-13(14(10)16)12(8-17-11)20-21(18)19-9-4-2-1-3-5-9/h1-8,17,21H. The lowest BCUT2D eigenvalue weighted by molar-refractivity contribution is 0.417. The number of aromatic nitrogens is 1. The van der Waals surface area contributed by atoms with Crippen LogP contribution in [0.3, 0.4) is 0 Å². The minimum absolute atomic E-state index is 0.399. The minimum Gasteiger partial charge on any atom is -0.418 e. The van der Waals surface area contributed by atoms with Gasteiger partial charge in [0.05, 0.1) is 15.9 Å². The summed E-state index contributed by atoms with van der Waals surface area (Å²) in [6.07, 6.45) is 1.61. The Balaban J connectivity index is 1.85. The summed E-state index contributed by atoms with van der Waals surface area (Å²) in [6.45, 7) is 0. The minimum atomic E-state index is -2.73. The summed E-state index contributed by atoms with van der Waals surface area (Å²) >= 11 is 9.59. The highest BCUT2D eigenvalue weighted by molar-refractivity contribution is 9.10. The Hall–Kier alpha value is -1.42. The van der Waals surface area contributed by atoms with E-state index in [1.807, 2.05) is 18.2 Å². The van der Waals surface area contributed by atoms with Crippen LogP contribution in [-0.2, 0) is 4.57 Å². The lowest BCUT2D eigenvalue weighted by Gasteiger charge is -2.07. The molecule has 0 aliphatic carbocycles. The van der Waals surface area contributed by atoms with Gasteiger partial charge in [-0.1, -0.05) is 29.8 Å². The lowest BCUT2D eigenvalue weighted by Crippen LogP contribution is -1.88. The Morgan fingerprint density at radius 1 is 1.10 bits per heavy atom. The fourth-order valence-corrected chi connectivity index (χ4v) is 3.20. The van der Waals surface area contributed by atoms with Gasteiger partial charge in [-0.05, 0) is 40.2 Å². The van der Waals surface area contributed by atoms with Crippen molar-refractivity contribution in [2.24, 2.45) is 0 Å². The normalized spacial score (nSPS) is 12.3. The molecular formula is C14H10BrClNO3P. The first kappa shape index (κ1) is 14.5. The van der Waals surface area contributed by atoms with Crippen LogP contribution in [0, 0.1) is 0 Å². The first-order valence-electron chi connectivity index (χ1n) is 6.05. The van der Waals surface area contributed by atoms with E-state index in [0.29, 0.717) is 21.9 Å². The number of aromatic amines is 1. The van der Waals surface area contributed by atoms with Gasteiger partial charge in [-0.2, -0.15) is 0 Å². The van der Waals surface area contributed by atoms with Gasteiger partial charge in [0.25, 0.3) is 0 Å². The van der Waals surface area contributed by atoms with Crippen molar-refractivity contribution < 1.29 is 13.6 Å². The van der Waals surface area contributed by atoms with Crippen LogP contribution in [0.4, 0.5) is 0 Å². The van der Waals surface area contributed by atoms with Crippen LogP contribution in [0.2, 0.25) is 5.02 Å². The fraction of sp³-hybridized carbons (Fsp3) is 0. The first-order valence-corrected chi connectivity index (χ1v) is 8.44. The molecule has 1 atom stereocenters. The highest BCUT2D eigenvalue weighted by atomic mass is 79.9. The highest BCUT2D eigenvalue weighted by Gasteiger charge is 2.14. The predicted molar refractivity (Wildman–Crippen MR) is 87.7 cm³/mol. The molecule has 0 saturated heterocycles. The van der Waals surface area contributed by atoms with Crippen molar-refractivity contribution in [3.63, 3.8) is 0 Å². The van der Waals surface area contributed by atoms with Gasteiger partial charge in [-0.25, -0.2) is 4.57 Å². The van der Waals surface area contributed by atoms with E-state index in [1.165, 1.54) is 0 Å². The number of para-hydroxylation sites is 1. The maximum Gasteiger partial charge on any atom is 0.419 e. The molecule has 0 aliphatic heterocycles. The Labute approximate surface area is 135 Å². The van der Waals surface area contributed by atoms with Crippen LogP contribution >= 0.6 is 35.8 Å². The number of hydrogen-bond acceptors (Lipinski definition) is 3. The van der Waals surface area contributed by atoms with Crippen LogP contribution in [0.15, 0.2) is 53.1 Å². The first-order chi connectivity index (χ1) is 10.1. The SMILES string of the molecule is O=[PH](Oc1ccccc1)Oc1c[nH]c2ccc(Br)c(Cl)c12. The molecule has 0 radical (unpaired) electrons. The van der Waals surface area contributed by atoms with E-state index in [9.17, 15) is 4.57 Å². The monoisotopic (exact) mass is 385 g/mol. The highest BCUT2D eigenvalue weighted by Crippen LogP contribution is 2.40. The van der Waals surface area contributed by atoms with Crippen LogP contribution in [-0.4, -0.2) is 4.98 Å². The molecule has 0 bridgehead atoms. The van der Waals surface area contributed by atoms with E-state index in [2.05, 4.69) is 20.9 Å². The van der Waals surface area contributed by atoms with Gasteiger partial charge in [0.15, 0.2) is 5.75 Å². The molecule has 1 N–H and O–H groups in total. The van der Waals surface area contributed by atoms with E-state index >= 15 is 0 Å². The largest absolute Gasteiger partial charge is 0.419 e. The van der Waals surface area contributed by atoms with Crippen LogP contribution < -0.4 is 9.05 Å². The maximum absolute atomic E-state index is 12.0. The third kappa shape index (κ3) is 3.10. The molecular weight excluding hydrogens is 376 g/mol. The van der Waals surface area contributed by atoms with E-state index in [0.717, 1.165) is 9.99 Å². The molecule has 3 aromatic rings. The molecule has 3 rings (SSSR count). The molecule has 21 heavy (non-hydrogen) atoms. The van der Waals surface area contributed by atoms with Gasteiger partial charge in [0.1, 0.15) is 5.75 Å². The molecule has 0 saturated carbocycles. The number of hydrogen-bond donors (Lipinski definition) is 1. The van der Waals surface area contributed by atoms with Crippen molar-refractivity contribution in [2.45, 2.75) is 0 Å². The van der Waals surface area contributed by atoms with E-state index in [4.69, 9.17) is 20.6 Å². The summed E-state index contributed by atoms with van der Waals surface area (Å²) in [5.74, 6) is 0.893. The molecule has 2 aromatic carbocycles. The lowest BCUT2D eigenvalue weighted by atomic mass is 10.2. The smallest absolute Gasteiger partial charge is 0.418 e. The van der Waals surface area contributed by atoms with Gasteiger partial charge in [0, 0.05) is 10.7 Å². The third-order valence-electron chi connectivity index (χ3n) is 2.84. The van der Waals surface area contributed by atoms with Crippen molar-refractivity contribution in [1.29, 1.82) is 0 Å². The summed E-state index contributed by atoms with van der Waals surface area (Å²) in [7, 11) is -2.73. The van der Waals surface area contributed by atoms with Gasteiger partial charge in [-0.15, -0.1) is 0 Å². The van der Waals surface area contributed by atoms with Crippen molar-refractivity contribution >= 4 is 46.7 Å². The molecule has 7 heteroatoms. The zero-order valence-electron chi connectivity index (χ0n) is 10.6. The Kier molecular flexibility index (Phi) is 4.24. The summed E-state index contributed by atoms with van der Waals surface area (Å²) in [5, 5.41) is 1.17. The zero-order valence-corrected chi connectivity index (χ0v) is 13.9. The van der Waals surface area contributed by atoms with Crippen LogP contribution in [0.25, 0.3) is 10.9 Å². The number of fused-ring (bicyclic) bond motifs is 1. The Bertz CT molecular complexity index is 807. The quantitative estimate of drug-likeness (QED) is 0.608. The Morgan fingerprint density at radius 2 is 1.86 bits per heavy atom. The maximum atomic E-state index is 12.0. The number of nitrogens with one attached hydrogen (secondary N) is 1. The molecule has 108 valence electrons. The van der Waals surface area contributed by atoms with Gasteiger partial charge < -0.3 is 14.0 Å². The van der Waals surface area contributed by atoms with Crippen molar-refractivity contribution in [3.05, 3.63) is 58.2 Å². The molecule has 1 aromatic heterocycles. The average Bonchev–Trinajstić information content (AvgIpc) is 2.87. The van der Waals surface area contributed by atoms with Crippen molar-refractivity contribution in [2.75, 3.05) is 0 Å². The number of halogens is 2. The number of H-pyrrole nitrogens is 1. The summed E-state index contributed by atoms with van der Waals surface area (Å²) < 4.78 is 23.4. The van der Waals surface area contributed by atoms with E-state index in [1.54, 1.807) is 30.5 Å². The van der Waals surface area contributed by atoms with Gasteiger partial charge >= 0.3 is 8.25 Å². The van der Waals surface area contributed by atoms with E-state index < -0.39 is 8.25 Å². The summed E-state index contributed by atoms with van der Waals surface area (Å²) in [6, 6.07) is 12.5. The van der Waals surface area contributed by atoms with Crippen molar-refractivity contribution in [3.8, 4) is 11.5 Å². The van der Waals surface area contributed by atoms with Crippen molar-refractivity contribution in [1.82, 2.24) is 4.98 Å². The number of benzene rings is 2. The summed E-state index contributed by atoms with van der Waals surface area (Å²) in [4.78, 5) is 3.02. The van der Waals surface area contributed by atoms with E-state index in [-0.39, 0.29) is 0 Å². The second-order valence-corrected chi connectivity index (χ2v) is 6.34. The molecule has 0 amide bonds. The average molecular weight is 387 g/mol. The second kappa shape index (κ2) is 6.14. The van der Waals surface area contributed by atoms with Crippen LogP contribution in [0.5, 0.6) is 11.5 Å². The number of rotatable bonds is 4. The van der Waals surface area contributed by atoms with Gasteiger partial charge in [0.2, 0.25) is 0 Å².